The molecule has 0 radical (unpaired) electrons. The lowest BCUT2D eigenvalue weighted by Crippen LogP contribution is -2.32. The van der Waals surface area contributed by atoms with E-state index < -0.39 is 17.8 Å². The number of nitrogen functional groups attached to an aromatic ring is 1. The molecule has 0 spiro atoms. The molecule has 1 aromatic heterocycles. The second-order valence-corrected chi connectivity index (χ2v) is 8.89. The average molecular weight is 500 g/mol. The van der Waals surface area contributed by atoms with Crippen molar-refractivity contribution in [3.63, 3.8) is 0 Å². The SMILES string of the molecule is COc1cc2nc(C)nc(N[C@H](C)c3cc(N)cc(C(F)(F)F)c3)c2cc1C1=CCN(C(C)=O)CC1. The van der Waals surface area contributed by atoms with Gasteiger partial charge in [-0.2, -0.15) is 13.2 Å². The molecule has 190 valence electrons. The molecule has 0 unspecified atom stereocenters. The standard InChI is InChI=1S/C26H28F3N5O2/c1-14(18-9-19(26(27,28)29)11-20(30)10-18)31-25-22-12-21(17-5-7-34(8-6-17)16(3)35)24(36-4)13-23(22)32-15(2)33-25/h5,9-14H,6-8,30H2,1-4H3,(H,31,32,33)/t14-/m1/s1. The lowest BCUT2D eigenvalue weighted by Gasteiger charge is -2.26. The van der Waals surface area contributed by atoms with Gasteiger partial charge in [-0.3, -0.25) is 4.79 Å². The molecule has 1 aliphatic heterocycles. The van der Waals surface area contributed by atoms with Gasteiger partial charge in [-0.05, 0) is 55.7 Å². The average Bonchev–Trinajstić information content (AvgIpc) is 2.82. The smallest absolute Gasteiger partial charge is 0.416 e. The molecule has 1 amide bonds. The summed E-state index contributed by atoms with van der Waals surface area (Å²) < 4.78 is 45.6. The summed E-state index contributed by atoms with van der Waals surface area (Å²) >= 11 is 0. The Bertz CT molecular complexity index is 1350. The van der Waals surface area contributed by atoms with Crippen molar-refractivity contribution in [2.75, 3.05) is 31.2 Å². The molecule has 10 heteroatoms. The molecular formula is C26H28F3N5O2. The number of methoxy groups -OCH3 is 1. The number of anilines is 2. The molecule has 2 heterocycles. The minimum Gasteiger partial charge on any atom is -0.496 e. The number of alkyl halides is 3. The summed E-state index contributed by atoms with van der Waals surface area (Å²) in [5.41, 5.74) is 7.93. The van der Waals surface area contributed by atoms with E-state index in [2.05, 4.69) is 15.3 Å². The van der Waals surface area contributed by atoms with Gasteiger partial charge in [-0.25, -0.2) is 9.97 Å². The molecule has 36 heavy (non-hydrogen) atoms. The quantitative estimate of drug-likeness (QED) is 0.460. The summed E-state index contributed by atoms with van der Waals surface area (Å²) in [5.74, 6) is 1.67. The summed E-state index contributed by atoms with van der Waals surface area (Å²) in [6.45, 7) is 6.16. The minimum absolute atomic E-state index is 0.0235. The van der Waals surface area contributed by atoms with Crippen molar-refractivity contribution >= 4 is 33.9 Å². The van der Waals surface area contributed by atoms with Crippen LogP contribution in [0.15, 0.2) is 36.4 Å². The monoisotopic (exact) mass is 499 g/mol. The van der Waals surface area contributed by atoms with Gasteiger partial charge in [-0.1, -0.05) is 6.08 Å². The number of benzene rings is 2. The van der Waals surface area contributed by atoms with E-state index in [4.69, 9.17) is 10.5 Å². The minimum atomic E-state index is -4.50. The van der Waals surface area contributed by atoms with Gasteiger partial charge in [0.1, 0.15) is 17.4 Å². The van der Waals surface area contributed by atoms with Crippen LogP contribution in [0.2, 0.25) is 0 Å². The number of carbonyl (C=O) groups is 1. The van der Waals surface area contributed by atoms with Crippen LogP contribution in [0.5, 0.6) is 5.75 Å². The fourth-order valence-electron chi connectivity index (χ4n) is 4.38. The first-order chi connectivity index (χ1) is 17.0. The van der Waals surface area contributed by atoms with Crippen molar-refractivity contribution in [3.8, 4) is 5.75 Å². The molecule has 1 atom stereocenters. The number of carbonyl (C=O) groups excluding carboxylic acids is 1. The van der Waals surface area contributed by atoms with Crippen LogP contribution in [0.4, 0.5) is 24.7 Å². The number of hydrogen-bond acceptors (Lipinski definition) is 6. The molecule has 3 N–H and O–H groups in total. The van der Waals surface area contributed by atoms with Crippen LogP contribution in [0.25, 0.3) is 16.5 Å². The summed E-state index contributed by atoms with van der Waals surface area (Å²) in [6.07, 6.45) is -1.83. The van der Waals surface area contributed by atoms with Gasteiger partial charge in [0.15, 0.2) is 0 Å². The molecule has 1 aliphatic rings. The number of aryl methyl sites for hydroxylation is 1. The molecular weight excluding hydrogens is 471 g/mol. The van der Waals surface area contributed by atoms with E-state index in [-0.39, 0.29) is 11.6 Å². The Hall–Kier alpha value is -3.82. The van der Waals surface area contributed by atoms with Crippen molar-refractivity contribution in [1.29, 1.82) is 0 Å². The highest BCUT2D eigenvalue weighted by molar-refractivity contribution is 5.94. The third-order valence-corrected chi connectivity index (χ3v) is 6.29. The third-order valence-electron chi connectivity index (χ3n) is 6.29. The van der Waals surface area contributed by atoms with Gasteiger partial charge in [0.25, 0.3) is 0 Å². The normalized spacial score (nSPS) is 15.0. The highest BCUT2D eigenvalue weighted by Crippen LogP contribution is 2.37. The Morgan fingerprint density at radius 3 is 2.56 bits per heavy atom. The van der Waals surface area contributed by atoms with E-state index >= 15 is 0 Å². The topological polar surface area (TPSA) is 93.4 Å². The third kappa shape index (κ3) is 5.22. The van der Waals surface area contributed by atoms with Crippen molar-refractivity contribution in [3.05, 3.63) is 58.9 Å². The van der Waals surface area contributed by atoms with Crippen LogP contribution < -0.4 is 15.8 Å². The first-order valence-electron chi connectivity index (χ1n) is 11.5. The molecule has 0 aliphatic carbocycles. The van der Waals surface area contributed by atoms with E-state index in [9.17, 15) is 18.0 Å². The zero-order valence-electron chi connectivity index (χ0n) is 20.5. The van der Waals surface area contributed by atoms with Crippen LogP contribution in [0, 0.1) is 6.92 Å². The van der Waals surface area contributed by atoms with Gasteiger partial charge in [-0.15, -0.1) is 0 Å². The zero-order chi connectivity index (χ0) is 26.2. The highest BCUT2D eigenvalue weighted by Gasteiger charge is 2.31. The number of nitrogens with one attached hydrogen (secondary N) is 1. The maximum absolute atomic E-state index is 13.3. The number of amides is 1. The molecule has 2 aromatic carbocycles. The van der Waals surface area contributed by atoms with Crippen molar-refractivity contribution in [2.45, 2.75) is 39.4 Å². The van der Waals surface area contributed by atoms with E-state index in [0.29, 0.717) is 53.4 Å². The van der Waals surface area contributed by atoms with Crippen LogP contribution >= 0.6 is 0 Å². The summed E-state index contributed by atoms with van der Waals surface area (Å²) in [6, 6.07) is 6.77. The number of hydrogen-bond donors (Lipinski definition) is 2. The van der Waals surface area contributed by atoms with E-state index in [1.807, 2.05) is 18.2 Å². The summed E-state index contributed by atoms with van der Waals surface area (Å²) in [7, 11) is 1.59. The molecule has 4 rings (SSSR count). The van der Waals surface area contributed by atoms with Crippen LogP contribution in [-0.4, -0.2) is 41.0 Å². The van der Waals surface area contributed by atoms with Crippen molar-refractivity contribution < 1.29 is 22.7 Å². The fraction of sp³-hybridized carbons (Fsp3) is 0.346. The Labute approximate surface area is 207 Å². The van der Waals surface area contributed by atoms with Crippen molar-refractivity contribution in [1.82, 2.24) is 14.9 Å². The van der Waals surface area contributed by atoms with Crippen molar-refractivity contribution in [2.24, 2.45) is 0 Å². The Morgan fingerprint density at radius 1 is 1.19 bits per heavy atom. The molecule has 0 saturated heterocycles. The number of ether oxygens (including phenoxy) is 1. The number of halogens is 3. The Kier molecular flexibility index (Phi) is 6.79. The highest BCUT2D eigenvalue weighted by atomic mass is 19.4. The van der Waals surface area contributed by atoms with Gasteiger partial charge >= 0.3 is 6.18 Å². The fourth-order valence-corrected chi connectivity index (χ4v) is 4.38. The zero-order valence-corrected chi connectivity index (χ0v) is 20.5. The first-order valence-corrected chi connectivity index (χ1v) is 11.5. The maximum atomic E-state index is 13.3. The van der Waals surface area contributed by atoms with Crippen LogP contribution in [0.1, 0.15) is 48.8 Å². The maximum Gasteiger partial charge on any atom is 0.416 e. The molecule has 0 fully saturated rings. The first kappa shape index (κ1) is 25.3. The van der Waals surface area contributed by atoms with Crippen LogP contribution in [-0.2, 0) is 11.0 Å². The molecule has 0 bridgehead atoms. The summed E-state index contributed by atoms with van der Waals surface area (Å²) in [5, 5.41) is 3.96. The number of fused-ring (bicyclic) bond motifs is 1. The predicted octanol–water partition coefficient (Wildman–Crippen LogP) is 5.36. The Morgan fingerprint density at radius 2 is 1.94 bits per heavy atom. The van der Waals surface area contributed by atoms with E-state index in [1.54, 1.807) is 32.8 Å². The molecule has 0 saturated carbocycles. The summed E-state index contributed by atoms with van der Waals surface area (Å²) in [4.78, 5) is 22.6. The molecule has 3 aromatic rings. The van der Waals surface area contributed by atoms with E-state index in [1.165, 1.54) is 6.07 Å². The van der Waals surface area contributed by atoms with Crippen LogP contribution in [0.3, 0.4) is 0 Å². The van der Waals surface area contributed by atoms with Gasteiger partial charge in [0.05, 0.1) is 24.2 Å². The Balaban J connectivity index is 1.75. The lowest BCUT2D eigenvalue weighted by atomic mass is 9.96. The van der Waals surface area contributed by atoms with Gasteiger partial charge in [0, 0.05) is 42.7 Å². The molecule has 7 nitrogen and oxygen atoms in total. The number of aromatic nitrogens is 2. The van der Waals surface area contributed by atoms with E-state index in [0.717, 1.165) is 23.3 Å². The van der Waals surface area contributed by atoms with Gasteiger partial charge < -0.3 is 20.7 Å². The number of nitrogens with two attached hydrogens (primary N) is 1. The largest absolute Gasteiger partial charge is 0.496 e. The predicted molar refractivity (Wildman–Crippen MR) is 134 cm³/mol. The lowest BCUT2D eigenvalue weighted by molar-refractivity contribution is -0.137. The second-order valence-electron chi connectivity index (χ2n) is 8.89. The number of nitrogens with zero attached hydrogens (tertiary/aromatic N) is 3. The number of rotatable bonds is 5. The van der Waals surface area contributed by atoms with Gasteiger partial charge in [0.2, 0.25) is 5.91 Å². The second kappa shape index (κ2) is 9.67.